The second-order valence-corrected chi connectivity index (χ2v) is 9.01. The summed E-state index contributed by atoms with van der Waals surface area (Å²) in [6, 6.07) is 7.61. The van der Waals surface area contributed by atoms with Gasteiger partial charge in [-0.2, -0.15) is 0 Å². The van der Waals surface area contributed by atoms with E-state index in [1.165, 1.54) is 18.1 Å². The van der Waals surface area contributed by atoms with Crippen LogP contribution in [-0.2, 0) is 9.59 Å². The quantitative estimate of drug-likeness (QED) is 0.305. The summed E-state index contributed by atoms with van der Waals surface area (Å²) >= 11 is 0. The van der Waals surface area contributed by atoms with Crippen LogP contribution in [0, 0.1) is 13.8 Å². The van der Waals surface area contributed by atoms with Gasteiger partial charge in [0.05, 0.1) is 24.4 Å². The van der Waals surface area contributed by atoms with Gasteiger partial charge in [0.25, 0.3) is 11.7 Å². The summed E-state index contributed by atoms with van der Waals surface area (Å²) in [7, 11) is 5.30. The zero-order valence-electron chi connectivity index (χ0n) is 20.6. The van der Waals surface area contributed by atoms with Gasteiger partial charge in [0, 0.05) is 12.7 Å². The topological polar surface area (TPSA) is 108 Å². The minimum absolute atomic E-state index is 0.0308. The van der Waals surface area contributed by atoms with E-state index in [4.69, 9.17) is 4.74 Å². The third kappa shape index (κ3) is 4.23. The summed E-state index contributed by atoms with van der Waals surface area (Å²) < 4.78 is 7.10. The zero-order chi connectivity index (χ0) is 25.4. The Morgan fingerprint density at radius 1 is 1.20 bits per heavy atom. The number of imidazole rings is 1. The lowest BCUT2D eigenvalue weighted by Gasteiger charge is -2.26. The second kappa shape index (κ2) is 9.42. The molecule has 9 nitrogen and oxygen atoms in total. The Morgan fingerprint density at radius 3 is 2.60 bits per heavy atom. The van der Waals surface area contributed by atoms with Crippen LogP contribution in [0.15, 0.2) is 42.1 Å². The minimum Gasteiger partial charge on any atom is -0.505 e. The number of Topliss-reactive ketones (excluding diaryl/α,β-unsaturated/α-hetero) is 1. The van der Waals surface area contributed by atoms with Crippen LogP contribution >= 0.6 is 0 Å². The molecule has 1 saturated heterocycles. The number of fused-ring (bicyclic) bond motifs is 1. The molecular formula is C26H30N4O5. The maximum absolute atomic E-state index is 13.3. The molecule has 184 valence electrons. The first-order chi connectivity index (χ1) is 16.6. The molecule has 2 N–H and O–H groups in total. The largest absolute Gasteiger partial charge is 0.505 e. The van der Waals surface area contributed by atoms with E-state index in [-0.39, 0.29) is 28.5 Å². The number of aromatic nitrogens is 2. The van der Waals surface area contributed by atoms with Gasteiger partial charge in [-0.15, -0.1) is 0 Å². The maximum atomic E-state index is 13.3. The first kappa shape index (κ1) is 24.3. The number of carbonyl (C=O) groups is 2. The van der Waals surface area contributed by atoms with Crippen LogP contribution in [-0.4, -0.2) is 75.4 Å². The smallest absolute Gasteiger partial charge is 0.295 e. The average molecular weight is 479 g/mol. The van der Waals surface area contributed by atoms with Crippen LogP contribution in [0.3, 0.4) is 0 Å². The number of aromatic hydroxyl groups is 1. The highest BCUT2D eigenvalue weighted by atomic mass is 16.5. The normalized spacial score (nSPS) is 17.7. The molecule has 0 aliphatic carbocycles. The van der Waals surface area contributed by atoms with Crippen molar-refractivity contribution in [3.63, 3.8) is 0 Å². The van der Waals surface area contributed by atoms with Crippen molar-refractivity contribution in [1.82, 2.24) is 19.2 Å². The molecule has 9 heteroatoms. The van der Waals surface area contributed by atoms with Crippen molar-refractivity contribution < 1.29 is 24.5 Å². The Kier molecular flexibility index (Phi) is 6.53. The SMILES string of the molecule is COc1cc(C2C(=C(O)c3nc4c(C)cccn4c3C)C(=O)C(=O)N2CCCN(C)C)ccc1O. The van der Waals surface area contributed by atoms with Gasteiger partial charge < -0.3 is 29.2 Å². The summed E-state index contributed by atoms with van der Waals surface area (Å²) in [6.45, 7) is 4.76. The Bertz CT molecular complexity index is 1340. The summed E-state index contributed by atoms with van der Waals surface area (Å²) in [5.74, 6) is -1.62. The number of aliphatic hydroxyl groups is 1. The van der Waals surface area contributed by atoms with Crippen molar-refractivity contribution in [1.29, 1.82) is 0 Å². The molecule has 3 aromatic rings. The molecule has 0 bridgehead atoms. The Labute approximate surface area is 203 Å². The van der Waals surface area contributed by atoms with E-state index in [1.54, 1.807) is 19.1 Å². The number of amides is 1. The zero-order valence-corrected chi connectivity index (χ0v) is 20.6. The predicted molar refractivity (Wildman–Crippen MR) is 132 cm³/mol. The predicted octanol–water partition coefficient (Wildman–Crippen LogP) is 3.04. The monoisotopic (exact) mass is 478 g/mol. The fraction of sp³-hybridized carbons (Fsp3) is 0.346. The van der Waals surface area contributed by atoms with Gasteiger partial charge in [-0.25, -0.2) is 4.98 Å². The van der Waals surface area contributed by atoms with E-state index >= 15 is 0 Å². The number of pyridine rings is 1. The lowest BCUT2D eigenvalue weighted by Crippen LogP contribution is -2.32. The highest BCUT2D eigenvalue weighted by molar-refractivity contribution is 6.46. The van der Waals surface area contributed by atoms with Gasteiger partial charge in [0.1, 0.15) is 11.3 Å². The third-order valence-corrected chi connectivity index (χ3v) is 6.37. The van der Waals surface area contributed by atoms with Crippen LogP contribution in [0.5, 0.6) is 11.5 Å². The van der Waals surface area contributed by atoms with E-state index in [1.807, 2.05) is 48.6 Å². The number of aryl methyl sites for hydroxylation is 2. The van der Waals surface area contributed by atoms with Gasteiger partial charge >= 0.3 is 0 Å². The van der Waals surface area contributed by atoms with E-state index < -0.39 is 17.7 Å². The molecule has 1 amide bonds. The van der Waals surface area contributed by atoms with E-state index in [0.717, 1.165) is 12.1 Å². The lowest BCUT2D eigenvalue weighted by atomic mass is 9.96. The highest BCUT2D eigenvalue weighted by Gasteiger charge is 2.46. The van der Waals surface area contributed by atoms with Gasteiger partial charge in [-0.3, -0.25) is 9.59 Å². The number of benzene rings is 1. The van der Waals surface area contributed by atoms with Gasteiger partial charge in [-0.05, 0) is 70.2 Å². The number of aliphatic hydroxyl groups excluding tert-OH is 1. The Balaban J connectivity index is 1.90. The number of likely N-dealkylation sites (tertiary alicyclic amines) is 1. The fourth-order valence-corrected chi connectivity index (χ4v) is 4.55. The number of hydrogen-bond donors (Lipinski definition) is 2. The number of hydrogen-bond acceptors (Lipinski definition) is 7. The van der Waals surface area contributed by atoms with E-state index in [0.29, 0.717) is 29.9 Å². The molecule has 1 aliphatic heterocycles. The van der Waals surface area contributed by atoms with Crippen LogP contribution in [0.2, 0.25) is 0 Å². The first-order valence-electron chi connectivity index (χ1n) is 11.4. The van der Waals surface area contributed by atoms with Gasteiger partial charge in [0.2, 0.25) is 0 Å². The third-order valence-electron chi connectivity index (χ3n) is 6.37. The molecule has 1 unspecified atom stereocenters. The number of rotatable bonds is 7. The Morgan fingerprint density at radius 2 is 1.94 bits per heavy atom. The minimum atomic E-state index is -0.850. The molecule has 0 saturated carbocycles. The molecule has 0 spiro atoms. The van der Waals surface area contributed by atoms with Gasteiger partial charge in [-0.1, -0.05) is 12.1 Å². The number of nitrogens with zero attached hydrogens (tertiary/aromatic N) is 4. The number of carbonyl (C=O) groups excluding carboxylic acids is 2. The van der Waals surface area contributed by atoms with Crippen molar-refractivity contribution in [2.24, 2.45) is 0 Å². The number of phenolic OH excluding ortho intramolecular Hbond substituents is 1. The van der Waals surface area contributed by atoms with Crippen molar-refractivity contribution in [2.45, 2.75) is 26.3 Å². The maximum Gasteiger partial charge on any atom is 0.295 e. The number of ketones is 1. The summed E-state index contributed by atoms with van der Waals surface area (Å²) in [4.78, 5) is 34.5. The summed E-state index contributed by atoms with van der Waals surface area (Å²) in [5.41, 5.74) is 3.00. The van der Waals surface area contributed by atoms with Crippen molar-refractivity contribution in [3.05, 3.63) is 64.6 Å². The molecule has 1 aliphatic rings. The standard InChI is InChI=1S/C26H30N4O5/c1-15-8-6-12-29-16(2)21(27-25(15)29)23(32)20-22(17-9-10-18(31)19(14-17)35-5)30(26(34)24(20)33)13-7-11-28(3)4/h6,8-10,12,14,22,31-32H,7,11,13H2,1-5H3. The number of methoxy groups -OCH3 is 1. The lowest BCUT2D eigenvalue weighted by molar-refractivity contribution is -0.139. The first-order valence-corrected chi connectivity index (χ1v) is 11.4. The fourth-order valence-electron chi connectivity index (χ4n) is 4.55. The molecule has 35 heavy (non-hydrogen) atoms. The average Bonchev–Trinajstić information content (AvgIpc) is 3.29. The number of phenols is 1. The van der Waals surface area contributed by atoms with Gasteiger partial charge in [0.15, 0.2) is 17.3 Å². The molecular weight excluding hydrogens is 448 g/mol. The summed E-state index contributed by atoms with van der Waals surface area (Å²) in [6.07, 6.45) is 2.47. The molecule has 1 fully saturated rings. The van der Waals surface area contributed by atoms with Crippen molar-refractivity contribution >= 4 is 23.1 Å². The van der Waals surface area contributed by atoms with Crippen molar-refractivity contribution in [3.8, 4) is 11.5 Å². The van der Waals surface area contributed by atoms with Crippen LogP contribution in [0.4, 0.5) is 0 Å². The molecule has 0 radical (unpaired) electrons. The van der Waals surface area contributed by atoms with Crippen LogP contribution in [0.25, 0.3) is 11.4 Å². The molecule has 1 aromatic carbocycles. The van der Waals surface area contributed by atoms with Crippen LogP contribution < -0.4 is 4.74 Å². The molecule has 1 atom stereocenters. The van der Waals surface area contributed by atoms with E-state index in [2.05, 4.69) is 4.98 Å². The molecule has 2 aromatic heterocycles. The molecule has 3 heterocycles. The van der Waals surface area contributed by atoms with E-state index in [9.17, 15) is 19.8 Å². The Hall–Kier alpha value is -3.85. The highest BCUT2D eigenvalue weighted by Crippen LogP contribution is 2.42. The second-order valence-electron chi connectivity index (χ2n) is 9.01. The number of ether oxygens (including phenoxy) is 1. The summed E-state index contributed by atoms with van der Waals surface area (Å²) in [5, 5.41) is 21.5. The van der Waals surface area contributed by atoms with Crippen LogP contribution in [0.1, 0.15) is 35.0 Å². The van der Waals surface area contributed by atoms with Crippen molar-refractivity contribution in [2.75, 3.05) is 34.3 Å². The molecule has 4 rings (SSSR count).